The maximum Gasteiger partial charge on any atom is 0.0445 e. The Kier molecular flexibility index (Phi) is 4.16. The van der Waals surface area contributed by atoms with Crippen molar-refractivity contribution in [1.82, 2.24) is 5.32 Å². The molecule has 1 unspecified atom stereocenters. The van der Waals surface area contributed by atoms with E-state index in [4.69, 9.17) is 10.8 Å². The van der Waals surface area contributed by atoms with Crippen molar-refractivity contribution < 1.29 is 5.11 Å². The van der Waals surface area contributed by atoms with Crippen molar-refractivity contribution in [1.29, 1.82) is 0 Å². The van der Waals surface area contributed by atoms with Crippen LogP contribution in [0.2, 0.25) is 0 Å². The van der Waals surface area contributed by atoms with E-state index in [2.05, 4.69) is 12.2 Å². The van der Waals surface area contributed by atoms with E-state index in [0.29, 0.717) is 6.04 Å². The molecule has 3 nitrogen and oxygen atoms in total. The van der Waals surface area contributed by atoms with Gasteiger partial charge in [-0.25, -0.2) is 0 Å². The molecule has 0 amide bonds. The van der Waals surface area contributed by atoms with Gasteiger partial charge < -0.3 is 16.2 Å². The maximum atomic E-state index is 8.80. The second-order valence-corrected chi connectivity index (χ2v) is 4.25. The van der Waals surface area contributed by atoms with Crippen molar-refractivity contribution in [3.8, 4) is 0 Å². The lowest BCUT2D eigenvalue weighted by atomic mass is 9.96. The van der Waals surface area contributed by atoms with Gasteiger partial charge in [-0.1, -0.05) is 12.8 Å². The summed E-state index contributed by atoms with van der Waals surface area (Å²) in [5.41, 5.74) is 5.96. The quantitative estimate of drug-likeness (QED) is 0.590. The lowest BCUT2D eigenvalue weighted by molar-refractivity contribution is 0.237. The monoisotopic (exact) mass is 186 g/mol. The highest BCUT2D eigenvalue weighted by Crippen LogP contribution is 2.29. The average molecular weight is 186 g/mol. The molecular weight excluding hydrogens is 164 g/mol. The summed E-state index contributed by atoms with van der Waals surface area (Å²) >= 11 is 0. The molecule has 4 N–H and O–H groups in total. The summed E-state index contributed by atoms with van der Waals surface area (Å²) < 4.78 is 0. The Labute approximate surface area is 80.7 Å². The van der Waals surface area contributed by atoms with Gasteiger partial charge in [-0.15, -0.1) is 0 Å². The Morgan fingerprint density at radius 2 is 2.08 bits per heavy atom. The summed E-state index contributed by atoms with van der Waals surface area (Å²) in [5.74, 6) is 0. The van der Waals surface area contributed by atoms with Gasteiger partial charge in [0.2, 0.25) is 0 Å². The fraction of sp³-hybridized carbons (Fsp3) is 1.00. The number of hydrogen-bond acceptors (Lipinski definition) is 3. The van der Waals surface area contributed by atoms with Crippen molar-refractivity contribution in [2.45, 2.75) is 50.6 Å². The zero-order valence-electron chi connectivity index (χ0n) is 8.55. The van der Waals surface area contributed by atoms with E-state index in [1.165, 1.54) is 25.7 Å². The Morgan fingerprint density at radius 3 is 2.54 bits per heavy atom. The third-order valence-electron chi connectivity index (χ3n) is 3.07. The first-order chi connectivity index (χ1) is 6.22. The van der Waals surface area contributed by atoms with Gasteiger partial charge >= 0.3 is 0 Å². The molecule has 1 rings (SSSR count). The van der Waals surface area contributed by atoms with E-state index >= 15 is 0 Å². The number of hydrogen-bond donors (Lipinski definition) is 3. The predicted molar refractivity (Wildman–Crippen MR) is 54.6 cm³/mol. The highest BCUT2D eigenvalue weighted by Gasteiger charge is 2.32. The fourth-order valence-corrected chi connectivity index (χ4v) is 2.25. The molecule has 78 valence electrons. The normalized spacial score (nSPS) is 23.3. The highest BCUT2D eigenvalue weighted by molar-refractivity contribution is 4.94. The molecule has 1 atom stereocenters. The molecule has 0 spiro atoms. The van der Waals surface area contributed by atoms with E-state index in [-0.39, 0.29) is 12.1 Å². The van der Waals surface area contributed by atoms with Gasteiger partial charge in [0.25, 0.3) is 0 Å². The third-order valence-corrected chi connectivity index (χ3v) is 3.07. The van der Waals surface area contributed by atoms with Crippen LogP contribution in [-0.4, -0.2) is 29.8 Å². The van der Waals surface area contributed by atoms with E-state index in [0.717, 1.165) is 13.0 Å². The summed E-state index contributed by atoms with van der Waals surface area (Å²) in [5, 5.41) is 12.4. The van der Waals surface area contributed by atoms with Gasteiger partial charge in [-0.05, 0) is 26.2 Å². The third kappa shape index (κ3) is 2.93. The Morgan fingerprint density at radius 1 is 1.46 bits per heavy atom. The number of aliphatic hydroxyl groups excluding tert-OH is 1. The van der Waals surface area contributed by atoms with Gasteiger partial charge in [0.15, 0.2) is 0 Å². The van der Waals surface area contributed by atoms with Crippen LogP contribution in [0.3, 0.4) is 0 Å². The summed E-state index contributed by atoms with van der Waals surface area (Å²) in [4.78, 5) is 0. The summed E-state index contributed by atoms with van der Waals surface area (Å²) in [7, 11) is 0. The first kappa shape index (κ1) is 11.0. The maximum absolute atomic E-state index is 8.80. The molecule has 3 heteroatoms. The van der Waals surface area contributed by atoms with E-state index in [1.807, 2.05) is 0 Å². The molecule has 1 aliphatic rings. The van der Waals surface area contributed by atoms with Gasteiger partial charge in [-0.2, -0.15) is 0 Å². The largest absolute Gasteiger partial charge is 0.396 e. The minimum Gasteiger partial charge on any atom is -0.396 e. The lowest BCUT2D eigenvalue weighted by Crippen LogP contribution is -2.52. The van der Waals surface area contributed by atoms with Crippen molar-refractivity contribution >= 4 is 0 Å². The van der Waals surface area contributed by atoms with Crippen molar-refractivity contribution in [3.63, 3.8) is 0 Å². The van der Waals surface area contributed by atoms with Gasteiger partial charge in [-0.3, -0.25) is 0 Å². The summed E-state index contributed by atoms with van der Waals surface area (Å²) in [6, 6.07) is 0.381. The van der Waals surface area contributed by atoms with Crippen LogP contribution in [0.1, 0.15) is 39.0 Å². The molecule has 0 heterocycles. The minimum absolute atomic E-state index is 0.175. The van der Waals surface area contributed by atoms with Crippen molar-refractivity contribution in [2.24, 2.45) is 5.73 Å². The molecule has 0 aromatic heterocycles. The number of nitrogens with one attached hydrogen (secondary N) is 1. The van der Waals surface area contributed by atoms with Crippen LogP contribution >= 0.6 is 0 Å². The Hall–Kier alpha value is -0.120. The fourth-order valence-electron chi connectivity index (χ4n) is 2.25. The zero-order chi connectivity index (χ0) is 9.73. The molecule has 1 fully saturated rings. The van der Waals surface area contributed by atoms with Gasteiger partial charge in [0, 0.05) is 24.7 Å². The highest BCUT2D eigenvalue weighted by atomic mass is 16.3. The van der Waals surface area contributed by atoms with Crippen LogP contribution in [0, 0.1) is 0 Å². The zero-order valence-corrected chi connectivity index (χ0v) is 8.55. The van der Waals surface area contributed by atoms with Crippen LogP contribution in [-0.2, 0) is 0 Å². The molecule has 1 aliphatic carbocycles. The molecular formula is C10H22N2O. The SMILES string of the molecule is CC(CCO)NC1(CN)CCCC1. The summed E-state index contributed by atoms with van der Waals surface area (Å²) in [6.07, 6.45) is 5.78. The molecule has 13 heavy (non-hydrogen) atoms. The molecule has 0 aromatic carbocycles. The molecule has 0 saturated heterocycles. The molecule has 0 radical (unpaired) electrons. The van der Waals surface area contributed by atoms with Crippen LogP contribution in [0.25, 0.3) is 0 Å². The predicted octanol–water partition coefficient (Wildman–Crippen LogP) is 0.618. The topological polar surface area (TPSA) is 58.3 Å². The number of aliphatic hydroxyl groups is 1. The second-order valence-electron chi connectivity index (χ2n) is 4.25. The van der Waals surface area contributed by atoms with Crippen molar-refractivity contribution in [2.75, 3.05) is 13.2 Å². The van der Waals surface area contributed by atoms with Crippen LogP contribution in [0.5, 0.6) is 0 Å². The number of nitrogens with two attached hydrogens (primary N) is 1. The number of rotatable bonds is 5. The van der Waals surface area contributed by atoms with E-state index in [9.17, 15) is 0 Å². The molecule has 0 bridgehead atoms. The molecule has 0 aromatic rings. The van der Waals surface area contributed by atoms with Crippen molar-refractivity contribution in [3.05, 3.63) is 0 Å². The Bertz CT molecular complexity index is 144. The van der Waals surface area contributed by atoms with E-state index in [1.54, 1.807) is 0 Å². The summed E-state index contributed by atoms with van der Waals surface area (Å²) in [6.45, 7) is 3.10. The smallest absolute Gasteiger partial charge is 0.0445 e. The average Bonchev–Trinajstić information content (AvgIpc) is 2.54. The Balaban J connectivity index is 2.38. The molecule has 1 saturated carbocycles. The van der Waals surface area contributed by atoms with Crippen LogP contribution in [0.15, 0.2) is 0 Å². The van der Waals surface area contributed by atoms with Crippen LogP contribution in [0.4, 0.5) is 0 Å². The standard InChI is InChI=1S/C10H22N2O/c1-9(4-7-13)12-10(8-11)5-2-3-6-10/h9,12-13H,2-8,11H2,1H3. The molecule has 0 aliphatic heterocycles. The van der Waals surface area contributed by atoms with Crippen LogP contribution < -0.4 is 11.1 Å². The van der Waals surface area contributed by atoms with Gasteiger partial charge in [0.1, 0.15) is 0 Å². The van der Waals surface area contributed by atoms with Gasteiger partial charge in [0.05, 0.1) is 0 Å². The first-order valence-corrected chi connectivity index (χ1v) is 5.31. The lowest BCUT2D eigenvalue weighted by Gasteiger charge is -2.32. The van der Waals surface area contributed by atoms with E-state index < -0.39 is 0 Å². The minimum atomic E-state index is 0.175. The first-order valence-electron chi connectivity index (χ1n) is 5.31. The second kappa shape index (κ2) is 4.94.